The lowest BCUT2D eigenvalue weighted by atomic mass is 9.99. The largest absolute Gasteiger partial charge is 0.504 e. The predicted octanol–water partition coefficient (Wildman–Crippen LogP) is 2.45. The highest BCUT2D eigenvalue weighted by Crippen LogP contribution is 2.27. The zero-order valence-corrected chi connectivity index (χ0v) is 15.3. The molecule has 0 spiro atoms. The van der Waals surface area contributed by atoms with Gasteiger partial charge in [-0.25, -0.2) is 9.78 Å². The normalized spacial score (nSPS) is 11.8. The minimum atomic E-state index is -0.357. The minimum Gasteiger partial charge on any atom is -0.504 e. The molecule has 0 fully saturated rings. The molecule has 7 nitrogen and oxygen atoms in total. The van der Waals surface area contributed by atoms with Crippen LogP contribution in [-0.4, -0.2) is 41.5 Å². The third kappa shape index (κ3) is 5.33. The van der Waals surface area contributed by atoms with Crippen LogP contribution in [0, 0.1) is 19.8 Å². The molecule has 0 aliphatic rings. The Kier molecular flexibility index (Phi) is 6.60. The summed E-state index contributed by atoms with van der Waals surface area (Å²) >= 11 is 1.42. The Hall–Kier alpha value is -2.32. The molecule has 1 heterocycles. The fourth-order valence-corrected chi connectivity index (χ4v) is 3.11. The number of aliphatic hydroxyl groups excluding tert-OH is 1. The number of methoxy groups -OCH3 is 1. The highest BCUT2D eigenvalue weighted by atomic mass is 32.1. The van der Waals surface area contributed by atoms with Gasteiger partial charge >= 0.3 is 6.03 Å². The molecule has 25 heavy (non-hydrogen) atoms. The van der Waals surface area contributed by atoms with E-state index in [4.69, 9.17) is 4.74 Å². The van der Waals surface area contributed by atoms with Crippen molar-refractivity contribution in [1.82, 2.24) is 10.3 Å². The number of aromatic nitrogens is 1. The summed E-state index contributed by atoms with van der Waals surface area (Å²) in [5.41, 5.74) is 1.75. The van der Waals surface area contributed by atoms with Gasteiger partial charge in [-0.1, -0.05) is 6.07 Å². The first kappa shape index (κ1) is 19.0. The van der Waals surface area contributed by atoms with Crippen LogP contribution in [0.3, 0.4) is 0 Å². The number of ether oxygens (including phenoxy) is 1. The van der Waals surface area contributed by atoms with Crippen LogP contribution in [-0.2, 0) is 6.42 Å². The SMILES string of the molecule is COc1ccc(C[C@@H](CO)CNC(=O)Nc2nc(C)c(C)s2)cc1O. The standard InChI is InChI=1S/C17H23N3O4S/c1-10-11(2)25-17(19-10)20-16(23)18-8-13(9-21)6-12-4-5-15(24-3)14(22)7-12/h4-5,7,13,21-22H,6,8-9H2,1-3H3,(H2,18,19,20,23)/t13-/m1/s1. The first-order valence-corrected chi connectivity index (χ1v) is 8.70. The monoisotopic (exact) mass is 365 g/mol. The Morgan fingerprint density at radius 2 is 2.16 bits per heavy atom. The molecule has 1 aromatic heterocycles. The topological polar surface area (TPSA) is 104 Å². The smallest absolute Gasteiger partial charge is 0.321 e. The van der Waals surface area contributed by atoms with Crippen LogP contribution in [0.25, 0.3) is 0 Å². The lowest BCUT2D eigenvalue weighted by Gasteiger charge is -2.16. The average Bonchev–Trinajstić information content (AvgIpc) is 2.89. The lowest BCUT2D eigenvalue weighted by molar-refractivity contribution is 0.218. The van der Waals surface area contributed by atoms with Crippen LogP contribution in [0.5, 0.6) is 11.5 Å². The van der Waals surface area contributed by atoms with Crippen LogP contribution >= 0.6 is 11.3 Å². The summed E-state index contributed by atoms with van der Waals surface area (Å²) < 4.78 is 5.01. The van der Waals surface area contributed by atoms with Crippen LogP contribution in [0.15, 0.2) is 18.2 Å². The zero-order chi connectivity index (χ0) is 18.4. The number of aryl methyl sites for hydroxylation is 2. The van der Waals surface area contributed by atoms with Crippen molar-refractivity contribution in [3.05, 3.63) is 34.3 Å². The van der Waals surface area contributed by atoms with Gasteiger partial charge in [-0.3, -0.25) is 5.32 Å². The molecule has 0 aliphatic heterocycles. The van der Waals surface area contributed by atoms with E-state index in [0.717, 1.165) is 16.1 Å². The molecule has 0 saturated heterocycles. The number of benzene rings is 1. The van der Waals surface area contributed by atoms with Crippen molar-refractivity contribution in [2.45, 2.75) is 20.3 Å². The number of phenolic OH excluding ortho intramolecular Hbond substituents is 1. The Labute approximate surface area is 150 Å². The van der Waals surface area contributed by atoms with Gasteiger partial charge in [-0.05, 0) is 38.0 Å². The summed E-state index contributed by atoms with van der Waals surface area (Å²) in [6, 6.07) is 4.74. The summed E-state index contributed by atoms with van der Waals surface area (Å²) in [5, 5.41) is 25.3. The zero-order valence-electron chi connectivity index (χ0n) is 14.5. The second kappa shape index (κ2) is 8.68. The number of nitrogens with zero attached hydrogens (tertiary/aromatic N) is 1. The highest BCUT2D eigenvalue weighted by molar-refractivity contribution is 7.15. The number of rotatable bonds is 7. The van der Waals surface area contributed by atoms with Gasteiger partial charge in [0, 0.05) is 23.9 Å². The van der Waals surface area contributed by atoms with Gasteiger partial charge in [-0.2, -0.15) is 0 Å². The van der Waals surface area contributed by atoms with Crippen molar-refractivity contribution in [1.29, 1.82) is 0 Å². The van der Waals surface area contributed by atoms with E-state index in [2.05, 4.69) is 15.6 Å². The molecule has 0 bridgehead atoms. The molecule has 1 atom stereocenters. The van der Waals surface area contributed by atoms with Crippen LogP contribution in [0.2, 0.25) is 0 Å². The van der Waals surface area contributed by atoms with Gasteiger partial charge in [0.1, 0.15) is 0 Å². The van der Waals surface area contributed by atoms with Gasteiger partial charge in [0.2, 0.25) is 0 Å². The van der Waals surface area contributed by atoms with Gasteiger partial charge in [0.05, 0.1) is 12.8 Å². The van der Waals surface area contributed by atoms with Gasteiger partial charge in [0.15, 0.2) is 16.6 Å². The van der Waals surface area contributed by atoms with Crippen molar-refractivity contribution in [2.75, 3.05) is 25.6 Å². The summed E-state index contributed by atoms with van der Waals surface area (Å²) in [7, 11) is 1.49. The number of carbonyl (C=O) groups is 1. The highest BCUT2D eigenvalue weighted by Gasteiger charge is 2.13. The number of amides is 2. The molecule has 0 saturated carbocycles. The van der Waals surface area contributed by atoms with E-state index >= 15 is 0 Å². The Morgan fingerprint density at radius 1 is 1.40 bits per heavy atom. The average molecular weight is 365 g/mol. The van der Waals surface area contributed by atoms with E-state index < -0.39 is 0 Å². The summed E-state index contributed by atoms with van der Waals surface area (Å²) in [6.07, 6.45) is 0.518. The fourth-order valence-electron chi connectivity index (χ4n) is 2.30. The number of nitrogens with one attached hydrogen (secondary N) is 2. The maximum Gasteiger partial charge on any atom is 0.321 e. The van der Waals surface area contributed by atoms with E-state index in [9.17, 15) is 15.0 Å². The number of aromatic hydroxyl groups is 1. The number of hydrogen-bond donors (Lipinski definition) is 4. The molecular formula is C17H23N3O4S. The van der Waals surface area contributed by atoms with Gasteiger partial charge in [0.25, 0.3) is 0 Å². The van der Waals surface area contributed by atoms with Crippen molar-refractivity contribution in [3.63, 3.8) is 0 Å². The number of urea groups is 1. The summed E-state index contributed by atoms with van der Waals surface area (Å²) in [4.78, 5) is 17.3. The lowest BCUT2D eigenvalue weighted by Crippen LogP contribution is -2.34. The van der Waals surface area contributed by atoms with E-state index in [0.29, 0.717) is 23.8 Å². The van der Waals surface area contributed by atoms with Crippen LogP contribution in [0.1, 0.15) is 16.1 Å². The molecular weight excluding hydrogens is 342 g/mol. The van der Waals surface area contributed by atoms with E-state index in [1.54, 1.807) is 12.1 Å². The second-order valence-electron chi connectivity index (χ2n) is 5.75. The summed E-state index contributed by atoms with van der Waals surface area (Å²) in [5.74, 6) is 0.283. The third-order valence-electron chi connectivity index (χ3n) is 3.83. The molecule has 2 amide bonds. The molecule has 1 aromatic carbocycles. The molecule has 0 radical (unpaired) electrons. The van der Waals surface area contributed by atoms with Crippen molar-refractivity contribution in [3.8, 4) is 11.5 Å². The molecule has 8 heteroatoms. The van der Waals surface area contributed by atoms with E-state index in [1.807, 2.05) is 19.9 Å². The van der Waals surface area contributed by atoms with Crippen LogP contribution < -0.4 is 15.4 Å². The van der Waals surface area contributed by atoms with Crippen molar-refractivity contribution in [2.24, 2.45) is 5.92 Å². The number of carbonyl (C=O) groups excluding carboxylic acids is 1. The first-order valence-electron chi connectivity index (χ1n) is 7.88. The van der Waals surface area contributed by atoms with Crippen molar-refractivity contribution >= 4 is 22.5 Å². The molecule has 0 aliphatic carbocycles. The molecule has 2 rings (SSSR count). The second-order valence-corrected chi connectivity index (χ2v) is 6.96. The molecule has 4 N–H and O–H groups in total. The Morgan fingerprint density at radius 3 is 2.72 bits per heavy atom. The number of thiazole rings is 1. The van der Waals surface area contributed by atoms with Gasteiger partial charge < -0.3 is 20.3 Å². The summed E-state index contributed by atoms with van der Waals surface area (Å²) in [6.45, 7) is 4.06. The van der Waals surface area contributed by atoms with Crippen molar-refractivity contribution < 1.29 is 19.7 Å². The number of anilines is 1. The van der Waals surface area contributed by atoms with E-state index in [1.165, 1.54) is 18.4 Å². The predicted molar refractivity (Wildman–Crippen MR) is 97.5 cm³/mol. The van der Waals surface area contributed by atoms with E-state index in [-0.39, 0.29) is 24.3 Å². The fraction of sp³-hybridized carbons (Fsp3) is 0.412. The maximum atomic E-state index is 11.9. The Balaban J connectivity index is 1.86. The number of phenols is 1. The quantitative estimate of drug-likeness (QED) is 0.603. The molecule has 136 valence electrons. The molecule has 2 aromatic rings. The van der Waals surface area contributed by atoms with Crippen LogP contribution in [0.4, 0.5) is 9.93 Å². The first-order chi connectivity index (χ1) is 11.9. The number of hydrogen-bond acceptors (Lipinski definition) is 6. The third-order valence-corrected chi connectivity index (χ3v) is 4.81. The maximum absolute atomic E-state index is 11.9. The van der Waals surface area contributed by atoms with Gasteiger partial charge in [-0.15, -0.1) is 11.3 Å². The number of aliphatic hydroxyl groups is 1. The Bertz CT molecular complexity index is 713. The molecule has 0 unspecified atom stereocenters. The minimum absolute atomic E-state index is 0.0527.